The molecule has 1 aromatic carbocycles. The lowest BCUT2D eigenvalue weighted by Gasteiger charge is -2.34. The van der Waals surface area contributed by atoms with Gasteiger partial charge in [0, 0.05) is 32.1 Å². The van der Waals surface area contributed by atoms with Gasteiger partial charge in [-0.1, -0.05) is 25.1 Å². The molecule has 1 aliphatic rings. The summed E-state index contributed by atoms with van der Waals surface area (Å²) in [4.78, 5) is 14.2. The van der Waals surface area contributed by atoms with E-state index in [0.717, 1.165) is 19.6 Å². The van der Waals surface area contributed by atoms with E-state index in [1.807, 2.05) is 24.8 Å². The molecule has 3 nitrogen and oxygen atoms in total. The molecule has 5 heteroatoms. The summed E-state index contributed by atoms with van der Waals surface area (Å²) in [7, 11) is 0. The van der Waals surface area contributed by atoms with Crippen molar-refractivity contribution in [3.8, 4) is 0 Å². The van der Waals surface area contributed by atoms with Crippen LogP contribution in [0.1, 0.15) is 31.7 Å². The summed E-state index contributed by atoms with van der Waals surface area (Å²) in [6.07, 6.45) is 0.366. The van der Waals surface area contributed by atoms with Crippen LogP contribution >= 0.6 is 12.4 Å². The largest absolute Gasteiger partial charge is 0.337 e. The van der Waals surface area contributed by atoms with Gasteiger partial charge in [-0.3, -0.25) is 4.79 Å². The molecule has 112 valence electrons. The minimum atomic E-state index is -0.226. The second kappa shape index (κ2) is 7.60. The molecule has 0 aromatic heterocycles. The van der Waals surface area contributed by atoms with Crippen LogP contribution in [0.5, 0.6) is 0 Å². The topological polar surface area (TPSA) is 32.3 Å². The fourth-order valence-corrected chi connectivity index (χ4v) is 2.58. The van der Waals surface area contributed by atoms with Gasteiger partial charge in [0.2, 0.25) is 5.91 Å². The quantitative estimate of drug-likeness (QED) is 0.930. The van der Waals surface area contributed by atoms with E-state index in [2.05, 4.69) is 5.32 Å². The van der Waals surface area contributed by atoms with Crippen LogP contribution in [0.25, 0.3) is 0 Å². The molecule has 20 heavy (non-hydrogen) atoms. The molecule has 0 radical (unpaired) electrons. The second-order valence-electron chi connectivity index (χ2n) is 5.27. The summed E-state index contributed by atoms with van der Waals surface area (Å²) >= 11 is 0. The molecule has 1 heterocycles. The molecule has 2 rings (SSSR count). The van der Waals surface area contributed by atoms with Crippen LogP contribution in [0.15, 0.2) is 24.3 Å². The summed E-state index contributed by atoms with van der Waals surface area (Å²) in [5, 5.41) is 3.26. The van der Waals surface area contributed by atoms with Gasteiger partial charge in [-0.2, -0.15) is 0 Å². The van der Waals surface area contributed by atoms with Crippen molar-refractivity contribution in [2.24, 2.45) is 0 Å². The van der Waals surface area contributed by atoms with Crippen LogP contribution in [0.4, 0.5) is 4.39 Å². The summed E-state index contributed by atoms with van der Waals surface area (Å²) in [6, 6.07) is 6.91. The Kier molecular flexibility index (Phi) is 6.43. The van der Waals surface area contributed by atoms with Crippen LogP contribution in [-0.4, -0.2) is 36.5 Å². The zero-order chi connectivity index (χ0) is 13.8. The third-order valence-electron chi connectivity index (χ3n) is 3.74. The SMILES string of the molecule is CC(CC(=O)N1CCNC[C@H]1C)c1ccccc1F.Cl. The lowest BCUT2D eigenvalue weighted by atomic mass is 9.96. The highest BCUT2D eigenvalue weighted by molar-refractivity contribution is 5.85. The number of rotatable bonds is 3. The van der Waals surface area contributed by atoms with Crippen LogP contribution in [0, 0.1) is 5.82 Å². The number of amides is 1. The van der Waals surface area contributed by atoms with E-state index in [1.165, 1.54) is 6.07 Å². The van der Waals surface area contributed by atoms with Crippen molar-refractivity contribution in [1.82, 2.24) is 10.2 Å². The normalized spacial score (nSPS) is 20.1. The maximum absolute atomic E-state index is 13.7. The van der Waals surface area contributed by atoms with Gasteiger partial charge in [0.1, 0.15) is 5.82 Å². The molecule has 0 spiro atoms. The molecular formula is C15H22ClFN2O. The number of nitrogens with zero attached hydrogens (tertiary/aromatic N) is 1. The molecule has 1 fully saturated rings. The Morgan fingerprint density at radius 2 is 2.20 bits per heavy atom. The highest BCUT2D eigenvalue weighted by Crippen LogP contribution is 2.23. The number of benzene rings is 1. The van der Waals surface area contributed by atoms with E-state index >= 15 is 0 Å². The first-order chi connectivity index (χ1) is 9.09. The number of hydrogen-bond acceptors (Lipinski definition) is 2. The van der Waals surface area contributed by atoms with E-state index < -0.39 is 0 Å². The van der Waals surface area contributed by atoms with Crippen LogP contribution < -0.4 is 5.32 Å². The van der Waals surface area contributed by atoms with Gasteiger partial charge in [-0.25, -0.2) is 4.39 Å². The molecule has 1 aromatic rings. The standard InChI is InChI=1S/C15H21FN2O.ClH/c1-11(13-5-3-4-6-14(13)16)9-15(19)18-8-7-17-10-12(18)2;/h3-6,11-12,17H,7-10H2,1-2H3;1H/t11?,12-;/m1./s1. The van der Waals surface area contributed by atoms with E-state index in [9.17, 15) is 9.18 Å². The predicted molar refractivity (Wildman–Crippen MR) is 80.7 cm³/mol. The van der Waals surface area contributed by atoms with E-state index in [1.54, 1.807) is 12.1 Å². The first-order valence-electron chi connectivity index (χ1n) is 6.84. The Hall–Kier alpha value is -1.13. The smallest absolute Gasteiger partial charge is 0.223 e. The molecule has 0 bridgehead atoms. The summed E-state index contributed by atoms with van der Waals surface area (Å²) in [6.45, 7) is 6.36. The number of piperazine rings is 1. The van der Waals surface area contributed by atoms with Crippen LogP contribution in [0.3, 0.4) is 0 Å². The molecule has 2 atom stereocenters. The number of hydrogen-bond donors (Lipinski definition) is 1. The number of halogens is 2. The predicted octanol–water partition coefficient (Wildman–Crippen LogP) is 2.56. The lowest BCUT2D eigenvalue weighted by molar-refractivity contribution is -0.134. The fraction of sp³-hybridized carbons (Fsp3) is 0.533. The van der Waals surface area contributed by atoms with Crippen LogP contribution in [0.2, 0.25) is 0 Å². The van der Waals surface area contributed by atoms with Crippen molar-refractivity contribution < 1.29 is 9.18 Å². The van der Waals surface area contributed by atoms with Gasteiger partial charge in [-0.05, 0) is 24.5 Å². The van der Waals surface area contributed by atoms with Crippen molar-refractivity contribution >= 4 is 18.3 Å². The van der Waals surface area contributed by atoms with Gasteiger partial charge in [0.25, 0.3) is 0 Å². The Morgan fingerprint density at radius 3 is 2.85 bits per heavy atom. The third-order valence-corrected chi connectivity index (χ3v) is 3.74. The summed E-state index contributed by atoms with van der Waals surface area (Å²) < 4.78 is 13.7. The average molecular weight is 301 g/mol. The van der Waals surface area contributed by atoms with Gasteiger partial charge in [0.15, 0.2) is 0 Å². The lowest BCUT2D eigenvalue weighted by Crippen LogP contribution is -2.52. The van der Waals surface area contributed by atoms with Crippen molar-refractivity contribution in [1.29, 1.82) is 0 Å². The maximum Gasteiger partial charge on any atom is 0.223 e. The monoisotopic (exact) mass is 300 g/mol. The van der Waals surface area contributed by atoms with Gasteiger partial charge < -0.3 is 10.2 Å². The maximum atomic E-state index is 13.7. The van der Waals surface area contributed by atoms with Crippen molar-refractivity contribution in [3.05, 3.63) is 35.6 Å². The molecule has 1 saturated heterocycles. The van der Waals surface area contributed by atoms with Crippen molar-refractivity contribution in [3.63, 3.8) is 0 Å². The van der Waals surface area contributed by atoms with Gasteiger partial charge >= 0.3 is 0 Å². The molecule has 0 aliphatic carbocycles. The zero-order valence-corrected chi connectivity index (χ0v) is 12.8. The summed E-state index contributed by atoms with van der Waals surface area (Å²) in [5.41, 5.74) is 0.624. The number of carbonyl (C=O) groups excluding carboxylic acids is 1. The van der Waals surface area contributed by atoms with E-state index in [-0.39, 0.29) is 36.1 Å². The Bertz CT molecular complexity index is 455. The third kappa shape index (κ3) is 3.93. The fourth-order valence-electron chi connectivity index (χ4n) is 2.58. The molecule has 1 N–H and O–H groups in total. The van der Waals surface area contributed by atoms with Gasteiger partial charge in [0.05, 0.1) is 0 Å². The van der Waals surface area contributed by atoms with Crippen LogP contribution in [-0.2, 0) is 4.79 Å². The highest BCUT2D eigenvalue weighted by Gasteiger charge is 2.25. The highest BCUT2D eigenvalue weighted by atomic mass is 35.5. The Balaban J connectivity index is 0.00000200. The average Bonchev–Trinajstić information content (AvgIpc) is 2.39. The van der Waals surface area contributed by atoms with E-state index in [0.29, 0.717) is 12.0 Å². The molecule has 1 aliphatic heterocycles. The molecular weight excluding hydrogens is 279 g/mol. The first-order valence-corrected chi connectivity index (χ1v) is 6.84. The Morgan fingerprint density at radius 1 is 1.50 bits per heavy atom. The molecule has 1 amide bonds. The van der Waals surface area contributed by atoms with Gasteiger partial charge in [-0.15, -0.1) is 12.4 Å². The number of nitrogens with one attached hydrogen (secondary N) is 1. The number of carbonyl (C=O) groups is 1. The second-order valence-corrected chi connectivity index (χ2v) is 5.27. The first kappa shape index (κ1) is 16.9. The minimum Gasteiger partial charge on any atom is -0.337 e. The molecule has 1 unspecified atom stereocenters. The van der Waals surface area contributed by atoms with E-state index in [4.69, 9.17) is 0 Å². The zero-order valence-electron chi connectivity index (χ0n) is 11.9. The van der Waals surface area contributed by atoms with Crippen molar-refractivity contribution in [2.45, 2.75) is 32.2 Å². The molecule has 0 saturated carbocycles. The Labute approximate surface area is 125 Å². The minimum absolute atomic E-state index is 0. The summed E-state index contributed by atoms with van der Waals surface area (Å²) in [5.74, 6) is -0.198. The van der Waals surface area contributed by atoms with Crippen molar-refractivity contribution in [2.75, 3.05) is 19.6 Å².